The zero-order valence-electron chi connectivity index (χ0n) is 11.4. The third-order valence-corrected chi connectivity index (χ3v) is 4.28. The minimum Gasteiger partial charge on any atom is -0.457 e. The molecule has 0 aliphatic carbocycles. The topological polar surface area (TPSA) is 80.7 Å². The molecule has 3 rings (SSSR count). The molecule has 0 amide bonds. The molecule has 5 nitrogen and oxygen atoms in total. The molecule has 0 unspecified atom stereocenters. The van der Waals surface area contributed by atoms with Crippen molar-refractivity contribution in [1.29, 1.82) is 0 Å². The van der Waals surface area contributed by atoms with Gasteiger partial charge in [-0.05, 0) is 23.3 Å². The van der Waals surface area contributed by atoms with Crippen molar-refractivity contribution in [2.45, 2.75) is 4.90 Å². The summed E-state index contributed by atoms with van der Waals surface area (Å²) in [5.74, 6) is -0.403. The van der Waals surface area contributed by atoms with Gasteiger partial charge in [-0.25, -0.2) is 4.79 Å². The van der Waals surface area contributed by atoms with Gasteiger partial charge >= 0.3 is 5.97 Å². The van der Waals surface area contributed by atoms with Crippen LogP contribution in [0.3, 0.4) is 0 Å². The predicted octanol–water partition coefficient (Wildman–Crippen LogP) is 2.40. The fourth-order valence-electron chi connectivity index (χ4n) is 2.36. The second-order valence-electron chi connectivity index (χ2n) is 4.80. The number of esters is 1. The Morgan fingerprint density at radius 2 is 1.55 bits per heavy atom. The highest BCUT2D eigenvalue weighted by molar-refractivity contribution is 7.85. The van der Waals surface area contributed by atoms with E-state index in [1.807, 2.05) is 30.3 Å². The van der Waals surface area contributed by atoms with Gasteiger partial charge in [0.2, 0.25) is 0 Å². The van der Waals surface area contributed by atoms with Crippen molar-refractivity contribution in [3.63, 3.8) is 0 Å². The van der Waals surface area contributed by atoms with Gasteiger partial charge in [0.05, 0.1) is 10.5 Å². The molecular weight excluding hydrogens is 304 g/mol. The molecule has 22 heavy (non-hydrogen) atoms. The van der Waals surface area contributed by atoms with Crippen LogP contribution >= 0.6 is 0 Å². The van der Waals surface area contributed by atoms with E-state index in [2.05, 4.69) is 0 Å². The average molecular weight is 316 g/mol. The molecule has 0 fully saturated rings. The predicted molar refractivity (Wildman–Crippen MR) is 80.5 cm³/mol. The van der Waals surface area contributed by atoms with Crippen molar-refractivity contribution >= 4 is 27.2 Å². The lowest BCUT2D eigenvalue weighted by Crippen LogP contribution is -1.98. The summed E-state index contributed by atoms with van der Waals surface area (Å²) in [5, 5.41) is 0. The highest BCUT2D eigenvalue weighted by Gasteiger charge is 2.27. The number of hydrogen-bond donors (Lipinski definition) is 1. The molecule has 2 aromatic carbocycles. The fourth-order valence-corrected chi connectivity index (χ4v) is 2.84. The zero-order chi connectivity index (χ0) is 15.7. The number of carbonyl (C=O) groups excluding carboxylic acids is 1. The van der Waals surface area contributed by atoms with Gasteiger partial charge in [0, 0.05) is 5.57 Å². The number of benzene rings is 2. The van der Waals surface area contributed by atoms with Crippen LogP contribution in [0.1, 0.15) is 11.1 Å². The minimum atomic E-state index is -4.23. The molecule has 112 valence electrons. The van der Waals surface area contributed by atoms with Crippen LogP contribution in [0.15, 0.2) is 59.5 Å². The zero-order valence-corrected chi connectivity index (χ0v) is 12.2. The second-order valence-corrected chi connectivity index (χ2v) is 6.22. The highest BCUT2D eigenvalue weighted by atomic mass is 32.2. The van der Waals surface area contributed by atoms with E-state index in [1.165, 1.54) is 12.1 Å². The molecule has 1 heterocycles. The number of rotatable bonds is 3. The second kappa shape index (κ2) is 5.40. The molecular formula is C16H12O5S. The Balaban J connectivity index is 2.09. The lowest BCUT2D eigenvalue weighted by atomic mass is 9.97. The van der Waals surface area contributed by atoms with Gasteiger partial charge in [0.15, 0.2) is 0 Å². The first kappa shape index (κ1) is 14.5. The smallest absolute Gasteiger partial charge is 0.339 e. The summed E-state index contributed by atoms with van der Waals surface area (Å²) in [5.41, 5.74) is 2.59. The molecule has 1 aliphatic rings. The van der Waals surface area contributed by atoms with Crippen molar-refractivity contribution in [2.75, 3.05) is 6.61 Å². The van der Waals surface area contributed by atoms with E-state index >= 15 is 0 Å². The van der Waals surface area contributed by atoms with Crippen molar-refractivity contribution in [2.24, 2.45) is 0 Å². The Hall–Kier alpha value is -2.44. The minimum absolute atomic E-state index is 0.133. The molecule has 0 saturated carbocycles. The highest BCUT2D eigenvalue weighted by Crippen LogP contribution is 2.33. The van der Waals surface area contributed by atoms with Crippen molar-refractivity contribution in [1.82, 2.24) is 0 Å². The lowest BCUT2D eigenvalue weighted by molar-refractivity contribution is -0.133. The molecule has 0 atom stereocenters. The summed E-state index contributed by atoms with van der Waals surface area (Å²) < 4.78 is 36.2. The van der Waals surface area contributed by atoms with Gasteiger partial charge in [0.25, 0.3) is 10.1 Å². The fraction of sp³-hybridized carbons (Fsp3) is 0.0625. The number of ether oxygens (including phenoxy) is 1. The van der Waals surface area contributed by atoms with E-state index in [0.29, 0.717) is 16.7 Å². The summed E-state index contributed by atoms with van der Waals surface area (Å²) in [6.07, 6.45) is 0. The molecule has 0 saturated heterocycles. The first-order valence-electron chi connectivity index (χ1n) is 6.50. The standard InChI is InChI=1S/C16H12O5S/c17-16-15(12-4-2-1-3-5-12)14(10-21-16)11-6-8-13(9-7-11)22(18,19)20/h1-9H,10H2,(H,18,19,20). The third kappa shape index (κ3) is 2.66. The van der Waals surface area contributed by atoms with E-state index in [0.717, 1.165) is 5.56 Å². The average Bonchev–Trinajstić information content (AvgIpc) is 2.89. The van der Waals surface area contributed by atoms with Crippen LogP contribution in [0.4, 0.5) is 0 Å². The van der Waals surface area contributed by atoms with Gasteiger partial charge in [0.1, 0.15) is 6.61 Å². The van der Waals surface area contributed by atoms with Crippen LogP contribution in [-0.4, -0.2) is 25.5 Å². The Morgan fingerprint density at radius 1 is 0.909 bits per heavy atom. The van der Waals surface area contributed by atoms with Crippen LogP contribution < -0.4 is 0 Å². The normalized spacial score (nSPS) is 15.0. The van der Waals surface area contributed by atoms with Gasteiger partial charge in [-0.3, -0.25) is 4.55 Å². The summed E-state index contributed by atoms with van der Waals surface area (Å²) >= 11 is 0. The molecule has 1 aliphatic heterocycles. The first-order valence-corrected chi connectivity index (χ1v) is 7.94. The summed E-state index contributed by atoms with van der Waals surface area (Å²) in [4.78, 5) is 11.8. The van der Waals surface area contributed by atoms with Crippen LogP contribution in [0, 0.1) is 0 Å². The third-order valence-electron chi connectivity index (χ3n) is 3.42. The molecule has 0 bridgehead atoms. The van der Waals surface area contributed by atoms with Crippen molar-refractivity contribution in [3.8, 4) is 0 Å². The summed E-state index contributed by atoms with van der Waals surface area (Å²) in [6, 6.07) is 14.8. The molecule has 0 radical (unpaired) electrons. The largest absolute Gasteiger partial charge is 0.457 e. The van der Waals surface area contributed by atoms with Crippen LogP contribution in [-0.2, 0) is 19.6 Å². The molecule has 0 spiro atoms. The SMILES string of the molecule is O=C1OCC(c2ccc(S(=O)(=O)O)cc2)=C1c1ccccc1. The van der Waals surface area contributed by atoms with Crippen LogP contribution in [0.5, 0.6) is 0 Å². The van der Waals surface area contributed by atoms with Gasteiger partial charge < -0.3 is 4.74 Å². The number of cyclic esters (lactones) is 1. The molecule has 0 aromatic heterocycles. The first-order chi connectivity index (χ1) is 10.5. The van der Waals surface area contributed by atoms with Crippen LogP contribution in [0.2, 0.25) is 0 Å². The maximum absolute atomic E-state index is 12.0. The van der Waals surface area contributed by atoms with Gasteiger partial charge in [-0.1, -0.05) is 42.5 Å². The van der Waals surface area contributed by atoms with E-state index in [1.54, 1.807) is 12.1 Å². The Labute approximate surface area is 127 Å². The van der Waals surface area contributed by atoms with Crippen molar-refractivity contribution in [3.05, 3.63) is 65.7 Å². The van der Waals surface area contributed by atoms with Crippen LogP contribution in [0.25, 0.3) is 11.1 Å². The van der Waals surface area contributed by atoms with E-state index in [9.17, 15) is 13.2 Å². The molecule has 1 N–H and O–H groups in total. The molecule has 2 aromatic rings. The lowest BCUT2D eigenvalue weighted by Gasteiger charge is -2.05. The Kier molecular flexibility index (Phi) is 3.56. The Bertz CT molecular complexity index is 849. The summed E-state index contributed by atoms with van der Waals surface area (Å²) in [7, 11) is -4.23. The number of carbonyl (C=O) groups is 1. The summed E-state index contributed by atoms with van der Waals surface area (Å²) in [6.45, 7) is 0.133. The monoisotopic (exact) mass is 316 g/mol. The van der Waals surface area contributed by atoms with Gasteiger partial charge in [-0.15, -0.1) is 0 Å². The number of hydrogen-bond acceptors (Lipinski definition) is 4. The Morgan fingerprint density at radius 3 is 2.14 bits per heavy atom. The van der Waals surface area contributed by atoms with Crippen molar-refractivity contribution < 1.29 is 22.5 Å². The molecule has 6 heteroatoms. The van der Waals surface area contributed by atoms with E-state index < -0.39 is 16.1 Å². The maximum Gasteiger partial charge on any atom is 0.339 e. The quantitative estimate of drug-likeness (QED) is 0.694. The van der Waals surface area contributed by atoms with E-state index in [4.69, 9.17) is 9.29 Å². The van der Waals surface area contributed by atoms with Gasteiger partial charge in [-0.2, -0.15) is 8.42 Å². The maximum atomic E-state index is 12.0. The van der Waals surface area contributed by atoms with E-state index in [-0.39, 0.29) is 11.5 Å².